The van der Waals surface area contributed by atoms with Crippen molar-refractivity contribution in [2.75, 3.05) is 36.4 Å². The average Bonchev–Trinajstić information content (AvgIpc) is 2.89. The summed E-state index contributed by atoms with van der Waals surface area (Å²) in [5.41, 5.74) is 2.92. The molecule has 2 amide bonds. The molecule has 1 N–H and O–H groups in total. The zero-order valence-corrected chi connectivity index (χ0v) is 20.8. The molecule has 0 aromatic heterocycles. The van der Waals surface area contributed by atoms with Gasteiger partial charge in [0.25, 0.3) is 11.8 Å². The van der Waals surface area contributed by atoms with E-state index < -0.39 is 11.7 Å². The van der Waals surface area contributed by atoms with E-state index in [-0.39, 0.29) is 11.8 Å². The van der Waals surface area contributed by atoms with Crippen molar-refractivity contribution in [1.82, 2.24) is 4.90 Å². The standard InChI is InChI=1S/C28H24F3N3O2S/c1-18-5-7-19(8-6-18)15-25-26(35)32-23-16-20(9-10-24(23)37-25)27(36)34-13-11-33(12-14-34)22-4-2-3-21(17-22)28(29,30)31/h2-10,15-17H,11-14H2,1H3,(H,32,35). The average molecular weight is 524 g/mol. The zero-order chi connectivity index (χ0) is 26.2. The van der Waals surface area contributed by atoms with E-state index in [1.54, 1.807) is 23.1 Å². The second-order valence-electron chi connectivity index (χ2n) is 9.01. The molecule has 5 rings (SSSR count). The predicted molar refractivity (Wildman–Crippen MR) is 140 cm³/mol. The number of carbonyl (C=O) groups excluding carboxylic acids is 2. The van der Waals surface area contributed by atoms with Crippen LogP contribution in [0, 0.1) is 6.92 Å². The molecule has 1 fully saturated rings. The Labute approximate surface area is 217 Å². The number of alkyl halides is 3. The molecule has 0 atom stereocenters. The second-order valence-corrected chi connectivity index (χ2v) is 10.1. The maximum Gasteiger partial charge on any atom is 0.416 e. The molecule has 190 valence electrons. The number of nitrogens with zero attached hydrogens (tertiary/aromatic N) is 2. The van der Waals surface area contributed by atoms with Crippen LogP contribution in [0.25, 0.3) is 6.08 Å². The number of nitrogens with one attached hydrogen (secondary N) is 1. The van der Waals surface area contributed by atoms with Gasteiger partial charge < -0.3 is 15.1 Å². The molecule has 0 saturated carbocycles. The van der Waals surface area contributed by atoms with Crippen LogP contribution in [-0.4, -0.2) is 42.9 Å². The van der Waals surface area contributed by atoms with Gasteiger partial charge in [-0.1, -0.05) is 47.7 Å². The molecule has 2 aliphatic heterocycles. The third kappa shape index (κ3) is 5.51. The number of anilines is 2. The number of hydrogen-bond acceptors (Lipinski definition) is 4. The van der Waals surface area contributed by atoms with Crippen LogP contribution in [0.4, 0.5) is 24.5 Å². The highest BCUT2D eigenvalue weighted by atomic mass is 32.2. The number of hydrogen-bond donors (Lipinski definition) is 1. The summed E-state index contributed by atoms with van der Waals surface area (Å²) in [4.78, 5) is 30.8. The van der Waals surface area contributed by atoms with E-state index in [0.717, 1.165) is 28.2 Å². The van der Waals surface area contributed by atoms with Crippen molar-refractivity contribution in [2.45, 2.75) is 18.0 Å². The van der Waals surface area contributed by atoms with Crippen LogP contribution in [0.5, 0.6) is 0 Å². The summed E-state index contributed by atoms with van der Waals surface area (Å²) in [6.45, 7) is 3.63. The Morgan fingerprint density at radius 2 is 1.70 bits per heavy atom. The Morgan fingerprint density at radius 1 is 0.973 bits per heavy atom. The van der Waals surface area contributed by atoms with Gasteiger partial charge in [0.1, 0.15) is 0 Å². The summed E-state index contributed by atoms with van der Waals surface area (Å²) in [6.07, 6.45) is -2.56. The van der Waals surface area contributed by atoms with Crippen LogP contribution in [0.15, 0.2) is 76.5 Å². The Hall–Kier alpha value is -3.72. The van der Waals surface area contributed by atoms with Gasteiger partial charge in [-0.25, -0.2) is 0 Å². The van der Waals surface area contributed by atoms with Gasteiger partial charge in [0.2, 0.25) is 0 Å². The summed E-state index contributed by atoms with van der Waals surface area (Å²) >= 11 is 1.36. The topological polar surface area (TPSA) is 52.7 Å². The van der Waals surface area contributed by atoms with Gasteiger partial charge in [-0.15, -0.1) is 0 Å². The summed E-state index contributed by atoms with van der Waals surface area (Å²) in [6, 6.07) is 18.4. The van der Waals surface area contributed by atoms with Crippen LogP contribution >= 0.6 is 11.8 Å². The van der Waals surface area contributed by atoms with Crippen LogP contribution in [0.2, 0.25) is 0 Å². The highest BCUT2D eigenvalue weighted by Gasteiger charge is 2.31. The molecule has 9 heteroatoms. The van der Waals surface area contributed by atoms with Crippen LogP contribution in [0.1, 0.15) is 27.0 Å². The van der Waals surface area contributed by atoms with Crippen molar-refractivity contribution < 1.29 is 22.8 Å². The van der Waals surface area contributed by atoms with Gasteiger partial charge in [-0.05, 0) is 55.0 Å². The van der Waals surface area contributed by atoms with E-state index in [0.29, 0.717) is 48.0 Å². The number of amides is 2. The molecule has 5 nitrogen and oxygen atoms in total. The predicted octanol–water partition coefficient (Wildman–Crippen LogP) is 6.06. The third-order valence-electron chi connectivity index (χ3n) is 6.40. The maximum atomic E-state index is 13.2. The van der Waals surface area contributed by atoms with Crippen LogP contribution in [0.3, 0.4) is 0 Å². The highest BCUT2D eigenvalue weighted by molar-refractivity contribution is 8.04. The Morgan fingerprint density at radius 3 is 2.41 bits per heavy atom. The summed E-state index contributed by atoms with van der Waals surface area (Å²) in [5.74, 6) is -0.399. The lowest BCUT2D eigenvalue weighted by molar-refractivity contribution is -0.137. The lowest BCUT2D eigenvalue weighted by Crippen LogP contribution is -2.48. The number of carbonyl (C=O) groups is 2. The molecule has 0 spiro atoms. The molecule has 2 aliphatic rings. The minimum Gasteiger partial charge on any atom is -0.368 e. The molecular formula is C28H24F3N3O2S. The van der Waals surface area contributed by atoms with Crippen molar-refractivity contribution in [1.29, 1.82) is 0 Å². The third-order valence-corrected chi connectivity index (χ3v) is 7.50. The lowest BCUT2D eigenvalue weighted by Gasteiger charge is -2.36. The highest BCUT2D eigenvalue weighted by Crippen LogP contribution is 2.39. The van der Waals surface area contributed by atoms with E-state index in [9.17, 15) is 22.8 Å². The van der Waals surface area contributed by atoms with Gasteiger partial charge in [0.05, 0.1) is 16.2 Å². The minimum absolute atomic E-state index is 0.174. The van der Waals surface area contributed by atoms with Crippen molar-refractivity contribution >= 4 is 41.0 Å². The first-order valence-electron chi connectivity index (χ1n) is 11.8. The second kappa shape index (κ2) is 9.97. The van der Waals surface area contributed by atoms with E-state index in [2.05, 4.69) is 5.32 Å². The van der Waals surface area contributed by atoms with E-state index in [1.165, 1.54) is 17.8 Å². The first-order valence-corrected chi connectivity index (χ1v) is 12.6. The number of aryl methyl sites for hydroxylation is 1. The minimum atomic E-state index is -4.40. The Bertz CT molecular complexity index is 1380. The van der Waals surface area contributed by atoms with Crippen molar-refractivity contribution in [3.05, 3.63) is 93.9 Å². The van der Waals surface area contributed by atoms with E-state index >= 15 is 0 Å². The molecule has 0 radical (unpaired) electrons. The number of benzene rings is 3. The fourth-order valence-electron chi connectivity index (χ4n) is 4.34. The number of fused-ring (bicyclic) bond motifs is 1. The smallest absolute Gasteiger partial charge is 0.368 e. The number of halogens is 3. The fourth-order valence-corrected chi connectivity index (χ4v) is 5.27. The van der Waals surface area contributed by atoms with Gasteiger partial charge in [-0.3, -0.25) is 9.59 Å². The lowest BCUT2D eigenvalue weighted by atomic mass is 10.1. The number of thioether (sulfide) groups is 1. The zero-order valence-electron chi connectivity index (χ0n) is 20.0. The molecule has 1 saturated heterocycles. The van der Waals surface area contributed by atoms with Gasteiger partial charge in [0, 0.05) is 42.3 Å². The maximum absolute atomic E-state index is 13.2. The molecule has 2 heterocycles. The number of piperazine rings is 1. The molecule has 0 bridgehead atoms. The fraction of sp³-hybridized carbons (Fsp3) is 0.214. The van der Waals surface area contributed by atoms with Crippen LogP contribution in [-0.2, 0) is 11.0 Å². The van der Waals surface area contributed by atoms with E-state index in [1.807, 2.05) is 48.2 Å². The summed E-state index contributed by atoms with van der Waals surface area (Å²) in [7, 11) is 0. The molecule has 0 aliphatic carbocycles. The largest absolute Gasteiger partial charge is 0.416 e. The monoisotopic (exact) mass is 523 g/mol. The van der Waals surface area contributed by atoms with Crippen molar-refractivity contribution in [3.63, 3.8) is 0 Å². The molecule has 3 aromatic carbocycles. The first-order chi connectivity index (χ1) is 17.7. The molecule has 37 heavy (non-hydrogen) atoms. The summed E-state index contributed by atoms with van der Waals surface area (Å²) in [5, 5.41) is 2.89. The van der Waals surface area contributed by atoms with Crippen LogP contribution < -0.4 is 10.2 Å². The Kier molecular flexibility index (Phi) is 6.72. The number of rotatable bonds is 3. The van der Waals surface area contributed by atoms with Crippen molar-refractivity contribution in [2.24, 2.45) is 0 Å². The van der Waals surface area contributed by atoms with Gasteiger partial charge in [-0.2, -0.15) is 13.2 Å². The SMILES string of the molecule is Cc1ccc(C=C2Sc3ccc(C(=O)N4CCN(c5cccc(C(F)(F)F)c5)CC4)cc3NC2=O)cc1. The van der Waals surface area contributed by atoms with E-state index in [4.69, 9.17) is 0 Å². The molecular weight excluding hydrogens is 499 g/mol. The molecule has 0 unspecified atom stereocenters. The normalized spacial score (nSPS) is 17.0. The first kappa shape index (κ1) is 25.0. The van der Waals surface area contributed by atoms with Crippen molar-refractivity contribution in [3.8, 4) is 0 Å². The van der Waals surface area contributed by atoms with Gasteiger partial charge in [0.15, 0.2) is 0 Å². The Balaban J connectivity index is 1.25. The summed E-state index contributed by atoms with van der Waals surface area (Å²) < 4.78 is 39.2. The quantitative estimate of drug-likeness (QED) is 0.424. The molecule has 3 aromatic rings. The van der Waals surface area contributed by atoms with Gasteiger partial charge >= 0.3 is 6.18 Å².